The molecule has 0 saturated carbocycles. The van der Waals surface area contributed by atoms with Gasteiger partial charge in [-0.25, -0.2) is 4.39 Å². The van der Waals surface area contributed by atoms with Crippen LogP contribution in [0.15, 0.2) is 59.1 Å². The first-order chi connectivity index (χ1) is 14.1. The number of nitrogens with zero attached hydrogens (tertiary/aromatic N) is 2. The van der Waals surface area contributed by atoms with Gasteiger partial charge in [0.15, 0.2) is 0 Å². The second-order valence-electron chi connectivity index (χ2n) is 7.55. The Morgan fingerprint density at radius 3 is 2.83 bits per heavy atom. The first-order valence-electron chi connectivity index (χ1n) is 9.95. The van der Waals surface area contributed by atoms with Crippen molar-refractivity contribution in [3.05, 3.63) is 71.7 Å². The first-order valence-corrected chi connectivity index (χ1v) is 9.95. The van der Waals surface area contributed by atoms with Crippen LogP contribution >= 0.6 is 0 Å². The average Bonchev–Trinajstić information content (AvgIpc) is 3.21. The predicted molar refractivity (Wildman–Crippen MR) is 110 cm³/mol. The number of carbonyl (C=O) groups is 1. The molecule has 1 saturated heterocycles. The highest BCUT2D eigenvalue weighted by Gasteiger charge is 2.19. The Balaban J connectivity index is 1.43. The van der Waals surface area contributed by atoms with Crippen LogP contribution in [0.5, 0.6) is 0 Å². The number of piperidine rings is 1. The fraction of sp³-hybridized carbons (Fsp3) is 0.304. The lowest BCUT2D eigenvalue weighted by Gasteiger charge is -2.33. The van der Waals surface area contributed by atoms with Crippen LogP contribution in [0.3, 0.4) is 0 Å². The summed E-state index contributed by atoms with van der Waals surface area (Å²) in [6.45, 7) is 4.26. The van der Waals surface area contributed by atoms with Gasteiger partial charge < -0.3 is 9.84 Å². The van der Waals surface area contributed by atoms with Crippen LogP contribution in [0.2, 0.25) is 0 Å². The van der Waals surface area contributed by atoms with Crippen LogP contribution in [0.1, 0.15) is 42.3 Å². The summed E-state index contributed by atoms with van der Waals surface area (Å²) >= 11 is 0. The molecule has 6 heteroatoms. The number of nitrogens with one attached hydrogen (secondary N) is 1. The molecule has 2 heterocycles. The van der Waals surface area contributed by atoms with Crippen molar-refractivity contribution in [2.45, 2.75) is 38.8 Å². The summed E-state index contributed by atoms with van der Waals surface area (Å²) in [4.78, 5) is 15.0. The molecule has 0 spiro atoms. The maximum absolute atomic E-state index is 13.1. The van der Waals surface area contributed by atoms with Gasteiger partial charge in [0.05, 0.1) is 0 Å². The van der Waals surface area contributed by atoms with Crippen LogP contribution in [0.4, 0.5) is 10.1 Å². The fourth-order valence-corrected chi connectivity index (χ4v) is 3.71. The zero-order chi connectivity index (χ0) is 20.2. The van der Waals surface area contributed by atoms with Gasteiger partial charge in [-0.3, -0.25) is 9.69 Å². The van der Waals surface area contributed by atoms with Crippen molar-refractivity contribution < 1.29 is 13.7 Å². The van der Waals surface area contributed by atoms with Gasteiger partial charge in [-0.2, -0.15) is 0 Å². The molecule has 0 unspecified atom stereocenters. The van der Waals surface area contributed by atoms with Gasteiger partial charge in [-0.1, -0.05) is 23.7 Å². The number of halogens is 1. The lowest BCUT2D eigenvalue weighted by molar-refractivity contribution is 0.0988. The molecule has 2 aromatic carbocycles. The zero-order valence-electron chi connectivity index (χ0n) is 16.4. The van der Waals surface area contributed by atoms with E-state index in [-0.39, 0.29) is 17.5 Å². The second-order valence-corrected chi connectivity index (χ2v) is 7.55. The molecule has 1 atom stereocenters. The lowest BCUT2D eigenvalue weighted by Crippen LogP contribution is -2.36. The van der Waals surface area contributed by atoms with Crippen LogP contribution in [-0.2, 0) is 6.54 Å². The van der Waals surface area contributed by atoms with Crippen molar-refractivity contribution in [1.82, 2.24) is 10.1 Å². The summed E-state index contributed by atoms with van der Waals surface area (Å²) in [5, 5.41) is 6.79. The quantitative estimate of drug-likeness (QED) is 0.655. The molecular weight excluding hydrogens is 369 g/mol. The van der Waals surface area contributed by atoms with E-state index in [0.29, 0.717) is 17.3 Å². The zero-order valence-corrected chi connectivity index (χ0v) is 16.4. The van der Waals surface area contributed by atoms with E-state index in [1.54, 1.807) is 18.2 Å². The number of likely N-dealkylation sites (tertiary alicyclic amines) is 1. The fourth-order valence-electron chi connectivity index (χ4n) is 3.71. The largest absolute Gasteiger partial charge is 0.350 e. The number of anilines is 1. The number of hydrogen-bond acceptors (Lipinski definition) is 4. The molecule has 1 amide bonds. The number of carbonyl (C=O) groups excluding carboxylic acids is 1. The molecule has 1 aliphatic heterocycles. The molecule has 1 aliphatic rings. The van der Waals surface area contributed by atoms with Crippen LogP contribution < -0.4 is 5.32 Å². The Kier molecular flexibility index (Phi) is 5.71. The summed E-state index contributed by atoms with van der Waals surface area (Å²) < 4.78 is 18.3. The van der Waals surface area contributed by atoms with Crippen molar-refractivity contribution in [3.63, 3.8) is 0 Å². The minimum absolute atomic E-state index is 0.111. The van der Waals surface area contributed by atoms with E-state index in [1.165, 1.54) is 37.0 Å². The normalized spacial score (nSPS) is 17.2. The molecular formula is C23H24FN3O2. The minimum Gasteiger partial charge on any atom is -0.350 e. The molecule has 0 aliphatic carbocycles. The Bertz CT molecular complexity index is 984. The molecule has 0 radical (unpaired) electrons. The summed E-state index contributed by atoms with van der Waals surface area (Å²) in [5.74, 6) is -0.581. The Labute approximate surface area is 169 Å². The van der Waals surface area contributed by atoms with Gasteiger partial charge in [-0.15, -0.1) is 0 Å². The Morgan fingerprint density at radius 2 is 2.03 bits per heavy atom. The number of hydrogen-bond donors (Lipinski definition) is 1. The van der Waals surface area contributed by atoms with Crippen molar-refractivity contribution in [2.24, 2.45) is 0 Å². The van der Waals surface area contributed by atoms with E-state index in [9.17, 15) is 9.18 Å². The van der Waals surface area contributed by atoms with Gasteiger partial charge in [-0.05, 0) is 68.3 Å². The second kappa shape index (κ2) is 8.57. The topological polar surface area (TPSA) is 58.4 Å². The third-order valence-corrected chi connectivity index (χ3v) is 5.39. The smallest absolute Gasteiger partial charge is 0.294 e. The first kappa shape index (κ1) is 19.3. The molecule has 1 fully saturated rings. The van der Waals surface area contributed by atoms with Crippen molar-refractivity contribution in [3.8, 4) is 11.3 Å². The SMILES string of the molecule is C[C@@H]1CCCCN1Cc1cccc(NC(=O)c2cc(-c3ccc(F)cc3)no2)c1. The van der Waals surface area contributed by atoms with E-state index in [4.69, 9.17) is 4.52 Å². The van der Waals surface area contributed by atoms with Crippen LogP contribution in [0.25, 0.3) is 11.3 Å². The molecule has 4 rings (SSSR count). The molecule has 1 aromatic heterocycles. The number of rotatable bonds is 5. The average molecular weight is 393 g/mol. The van der Waals surface area contributed by atoms with Crippen molar-refractivity contribution in [2.75, 3.05) is 11.9 Å². The van der Waals surface area contributed by atoms with Gasteiger partial charge in [0.1, 0.15) is 11.5 Å². The van der Waals surface area contributed by atoms with E-state index in [0.717, 1.165) is 18.8 Å². The lowest BCUT2D eigenvalue weighted by atomic mass is 10.0. The third kappa shape index (κ3) is 4.71. The molecule has 3 aromatic rings. The van der Waals surface area contributed by atoms with Gasteiger partial charge >= 0.3 is 0 Å². The predicted octanol–water partition coefficient (Wildman–Crippen LogP) is 5.11. The molecule has 150 valence electrons. The van der Waals surface area contributed by atoms with Crippen molar-refractivity contribution >= 4 is 11.6 Å². The highest BCUT2D eigenvalue weighted by atomic mass is 19.1. The van der Waals surface area contributed by atoms with E-state index < -0.39 is 0 Å². The number of amides is 1. The monoisotopic (exact) mass is 393 g/mol. The Hall–Kier alpha value is -2.99. The number of aromatic nitrogens is 1. The standard InChI is InChI=1S/C23H24FN3O2/c1-16-5-2-3-12-27(16)15-17-6-4-7-20(13-17)25-23(28)22-14-21(26-29-22)18-8-10-19(24)11-9-18/h4,6-11,13-14,16H,2-3,5,12,15H2,1H3,(H,25,28)/t16-/m1/s1. The summed E-state index contributed by atoms with van der Waals surface area (Å²) in [7, 11) is 0. The summed E-state index contributed by atoms with van der Waals surface area (Å²) in [6, 6.07) is 15.9. The summed E-state index contributed by atoms with van der Waals surface area (Å²) in [6.07, 6.45) is 3.77. The van der Waals surface area contributed by atoms with Gasteiger partial charge in [0.25, 0.3) is 5.91 Å². The van der Waals surface area contributed by atoms with Crippen LogP contribution in [0, 0.1) is 5.82 Å². The third-order valence-electron chi connectivity index (χ3n) is 5.39. The summed E-state index contributed by atoms with van der Waals surface area (Å²) in [5.41, 5.74) is 3.06. The minimum atomic E-state index is -0.366. The maximum atomic E-state index is 13.1. The molecule has 5 nitrogen and oxygen atoms in total. The molecule has 29 heavy (non-hydrogen) atoms. The molecule has 1 N–H and O–H groups in total. The molecule has 0 bridgehead atoms. The highest BCUT2D eigenvalue weighted by Crippen LogP contribution is 2.22. The highest BCUT2D eigenvalue weighted by molar-refractivity contribution is 6.02. The number of benzene rings is 2. The van der Waals surface area contributed by atoms with Gasteiger partial charge in [0, 0.05) is 29.9 Å². The maximum Gasteiger partial charge on any atom is 0.294 e. The van der Waals surface area contributed by atoms with Crippen LogP contribution in [-0.4, -0.2) is 28.6 Å². The van der Waals surface area contributed by atoms with E-state index in [2.05, 4.69) is 28.4 Å². The van der Waals surface area contributed by atoms with Gasteiger partial charge in [0.2, 0.25) is 5.76 Å². The van der Waals surface area contributed by atoms with Crippen molar-refractivity contribution in [1.29, 1.82) is 0 Å². The van der Waals surface area contributed by atoms with E-state index >= 15 is 0 Å². The Morgan fingerprint density at radius 1 is 1.21 bits per heavy atom. The van der Waals surface area contributed by atoms with E-state index in [1.807, 2.05) is 18.2 Å².